The second-order valence-electron chi connectivity index (χ2n) is 4.95. The molecule has 0 bridgehead atoms. The van der Waals surface area contributed by atoms with Crippen molar-refractivity contribution in [3.63, 3.8) is 0 Å². The molecule has 2 aromatic rings. The zero-order valence-corrected chi connectivity index (χ0v) is 12.2. The number of carbonyl (C=O) groups excluding carboxylic acids is 1. The fourth-order valence-corrected chi connectivity index (χ4v) is 1.93. The first kappa shape index (κ1) is 16.2. The number of carbonyl (C=O) groups is 1. The summed E-state index contributed by atoms with van der Waals surface area (Å²) < 4.78 is 0. The molecule has 1 amide bonds. The normalized spacial score (nSPS) is 10.8. The van der Waals surface area contributed by atoms with Crippen molar-refractivity contribution >= 4 is 12.0 Å². The molecule has 6 nitrogen and oxygen atoms in total. The van der Waals surface area contributed by atoms with E-state index in [1.54, 1.807) is 12.1 Å². The Kier molecular flexibility index (Phi) is 5.09. The van der Waals surface area contributed by atoms with E-state index in [-0.39, 0.29) is 28.9 Å². The van der Waals surface area contributed by atoms with Crippen molar-refractivity contribution in [1.82, 2.24) is 5.32 Å². The standard InChI is InChI=1S/C17H17NO5/c19-13-4-1-11(9-15(13)21)3-6-17(23)18-8-7-12-2-5-14(20)16(22)10-12/h1-6,9-10,19-22H,7-8H2,(H,18,23)/b6-3-. The summed E-state index contributed by atoms with van der Waals surface area (Å²) in [4.78, 5) is 11.7. The zero-order valence-electron chi connectivity index (χ0n) is 12.2. The van der Waals surface area contributed by atoms with E-state index in [2.05, 4.69) is 5.32 Å². The van der Waals surface area contributed by atoms with Gasteiger partial charge >= 0.3 is 0 Å². The number of phenolic OH excluding ortho intramolecular Hbond substituents is 4. The van der Waals surface area contributed by atoms with E-state index in [0.29, 0.717) is 18.5 Å². The van der Waals surface area contributed by atoms with Gasteiger partial charge in [-0.2, -0.15) is 0 Å². The summed E-state index contributed by atoms with van der Waals surface area (Å²) in [7, 11) is 0. The van der Waals surface area contributed by atoms with Crippen LogP contribution in [0.4, 0.5) is 0 Å². The minimum Gasteiger partial charge on any atom is -0.504 e. The number of nitrogens with one attached hydrogen (secondary N) is 1. The molecule has 0 radical (unpaired) electrons. The first-order chi connectivity index (χ1) is 11.0. The van der Waals surface area contributed by atoms with Gasteiger partial charge < -0.3 is 25.7 Å². The first-order valence-corrected chi connectivity index (χ1v) is 6.94. The van der Waals surface area contributed by atoms with E-state index >= 15 is 0 Å². The number of aromatic hydroxyl groups is 4. The van der Waals surface area contributed by atoms with Gasteiger partial charge in [0.05, 0.1) is 0 Å². The molecular weight excluding hydrogens is 298 g/mol. The molecule has 0 unspecified atom stereocenters. The SMILES string of the molecule is O=C(/C=C\c1ccc(O)c(O)c1)NCCc1ccc(O)c(O)c1. The van der Waals surface area contributed by atoms with Crippen LogP contribution in [0.3, 0.4) is 0 Å². The average Bonchev–Trinajstić information content (AvgIpc) is 2.52. The molecule has 0 fully saturated rings. The molecule has 0 aliphatic rings. The van der Waals surface area contributed by atoms with Crippen LogP contribution in [0.25, 0.3) is 6.08 Å². The Labute approximate surface area is 133 Å². The largest absolute Gasteiger partial charge is 0.504 e. The molecule has 0 aromatic heterocycles. The molecule has 23 heavy (non-hydrogen) atoms. The van der Waals surface area contributed by atoms with Crippen LogP contribution >= 0.6 is 0 Å². The predicted molar refractivity (Wildman–Crippen MR) is 85.3 cm³/mol. The van der Waals surface area contributed by atoms with E-state index < -0.39 is 0 Å². The smallest absolute Gasteiger partial charge is 0.244 e. The summed E-state index contributed by atoms with van der Waals surface area (Å²) in [6, 6.07) is 8.75. The van der Waals surface area contributed by atoms with Crippen LogP contribution in [0.15, 0.2) is 42.5 Å². The topological polar surface area (TPSA) is 110 Å². The van der Waals surface area contributed by atoms with Crippen LogP contribution in [0.5, 0.6) is 23.0 Å². The van der Waals surface area contributed by atoms with Crippen molar-refractivity contribution in [2.75, 3.05) is 6.54 Å². The van der Waals surface area contributed by atoms with Crippen LogP contribution in [0, 0.1) is 0 Å². The summed E-state index contributed by atoms with van der Waals surface area (Å²) in [6.07, 6.45) is 3.34. The number of rotatable bonds is 5. The highest BCUT2D eigenvalue weighted by Crippen LogP contribution is 2.25. The minimum absolute atomic E-state index is 0.183. The van der Waals surface area contributed by atoms with Crippen LogP contribution in [0.1, 0.15) is 11.1 Å². The number of hydrogen-bond acceptors (Lipinski definition) is 5. The van der Waals surface area contributed by atoms with E-state index in [0.717, 1.165) is 5.56 Å². The third-order valence-electron chi connectivity index (χ3n) is 3.18. The van der Waals surface area contributed by atoms with Gasteiger partial charge in [-0.1, -0.05) is 12.1 Å². The van der Waals surface area contributed by atoms with Crippen LogP contribution in [-0.4, -0.2) is 32.9 Å². The Bertz CT molecular complexity index is 740. The van der Waals surface area contributed by atoms with E-state index in [1.165, 1.54) is 36.4 Å². The molecule has 5 N–H and O–H groups in total. The van der Waals surface area contributed by atoms with Gasteiger partial charge in [-0.3, -0.25) is 4.79 Å². The van der Waals surface area contributed by atoms with Gasteiger partial charge in [0.1, 0.15) is 0 Å². The highest BCUT2D eigenvalue weighted by atomic mass is 16.3. The quantitative estimate of drug-likeness (QED) is 0.427. The van der Waals surface area contributed by atoms with Crippen LogP contribution in [-0.2, 0) is 11.2 Å². The van der Waals surface area contributed by atoms with Crippen molar-refractivity contribution < 1.29 is 25.2 Å². The molecule has 2 rings (SSSR count). The van der Waals surface area contributed by atoms with E-state index in [9.17, 15) is 25.2 Å². The summed E-state index contributed by atoms with van der Waals surface area (Å²) >= 11 is 0. The van der Waals surface area contributed by atoms with Crippen LogP contribution < -0.4 is 5.32 Å². The van der Waals surface area contributed by atoms with Crippen molar-refractivity contribution in [2.24, 2.45) is 0 Å². The lowest BCUT2D eigenvalue weighted by Crippen LogP contribution is -2.23. The Balaban J connectivity index is 1.83. The number of benzene rings is 2. The lowest BCUT2D eigenvalue weighted by molar-refractivity contribution is -0.116. The van der Waals surface area contributed by atoms with Gasteiger partial charge in [-0.05, 0) is 47.9 Å². The summed E-state index contributed by atoms with van der Waals surface area (Å²) in [6.45, 7) is 0.369. The fraction of sp³-hybridized carbons (Fsp3) is 0.118. The van der Waals surface area contributed by atoms with E-state index in [4.69, 9.17) is 0 Å². The zero-order chi connectivity index (χ0) is 16.8. The molecule has 0 aliphatic carbocycles. The highest BCUT2D eigenvalue weighted by molar-refractivity contribution is 5.91. The molecule has 0 saturated heterocycles. The summed E-state index contributed by atoms with van der Waals surface area (Å²) in [5, 5.41) is 39.8. The number of phenols is 4. The lowest BCUT2D eigenvalue weighted by atomic mass is 10.1. The maximum atomic E-state index is 11.7. The van der Waals surface area contributed by atoms with Gasteiger partial charge in [-0.15, -0.1) is 0 Å². The van der Waals surface area contributed by atoms with Crippen molar-refractivity contribution in [1.29, 1.82) is 0 Å². The Morgan fingerprint density at radius 3 is 2.22 bits per heavy atom. The molecule has 120 valence electrons. The summed E-state index contributed by atoms with van der Waals surface area (Å²) in [5.74, 6) is -1.15. The summed E-state index contributed by atoms with van der Waals surface area (Å²) in [5.41, 5.74) is 1.37. The van der Waals surface area contributed by atoms with Gasteiger partial charge in [0.15, 0.2) is 23.0 Å². The third-order valence-corrected chi connectivity index (χ3v) is 3.18. The van der Waals surface area contributed by atoms with Crippen LogP contribution in [0.2, 0.25) is 0 Å². The second kappa shape index (κ2) is 7.22. The Morgan fingerprint density at radius 1 is 0.913 bits per heavy atom. The van der Waals surface area contributed by atoms with Gasteiger partial charge in [0.25, 0.3) is 0 Å². The average molecular weight is 315 g/mol. The molecule has 6 heteroatoms. The maximum absolute atomic E-state index is 11.7. The number of hydrogen-bond donors (Lipinski definition) is 5. The molecule has 2 aromatic carbocycles. The second-order valence-corrected chi connectivity index (χ2v) is 4.95. The maximum Gasteiger partial charge on any atom is 0.244 e. The predicted octanol–water partition coefficient (Wildman–Crippen LogP) is 1.88. The van der Waals surface area contributed by atoms with Gasteiger partial charge in [0, 0.05) is 12.6 Å². The van der Waals surface area contributed by atoms with Crippen molar-refractivity contribution in [2.45, 2.75) is 6.42 Å². The van der Waals surface area contributed by atoms with E-state index in [1.807, 2.05) is 0 Å². The molecule has 0 spiro atoms. The fourth-order valence-electron chi connectivity index (χ4n) is 1.93. The Morgan fingerprint density at radius 2 is 1.57 bits per heavy atom. The van der Waals surface area contributed by atoms with Crippen molar-refractivity contribution in [3.8, 4) is 23.0 Å². The van der Waals surface area contributed by atoms with Gasteiger partial charge in [-0.25, -0.2) is 0 Å². The molecular formula is C17H17NO5. The molecule has 0 heterocycles. The first-order valence-electron chi connectivity index (χ1n) is 6.94. The Hall–Kier alpha value is -3.15. The monoisotopic (exact) mass is 315 g/mol. The minimum atomic E-state index is -0.305. The molecule has 0 atom stereocenters. The van der Waals surface area contributed by atoms with Crippen molar-refractivity contribution in [3.05, 3.63) is 53.6 Å². The molecule has 0 aliphatic heterocycles. The third kappa shape index (κ3) is 4.67. The molecule has 0 saturated carbocycles. The van der Waals surface area contributed by atoms with Gasteiger partial charge in [0.2, 0.25) is 5.91 Å². The highest BCUT2D eigenvalue weighted by Gasteiger charge is 2.02. The number of amides is 1. The lowest BCUT2D eigenvalue weighted by Gasteiger charge is -2.04.